The lowest BCUT2D eigenvalue weighted by molar-refractivity contribution is 0.112. The molecule has 3 aliphatic rings. The first-order valence-electron chi connectivity index (χ1n) is 12.0. The van der Waals surface area contributed by atoms with Crippen LogP contribution in [0.5, 0.6) is 0 Å². The Balaban J connectivity index is 1.42. The fraction of sp³-hybridized carbons (Fsp3) is 0.769. The van der Waals surface area contributed by atoms with Crippen molar-refractivity contribution in [1.29, 1.82) is 0 Å². The van der Waals surface area contributed by atoms with Gasteiger partial charge in [0.05, 0.1) is 0 Å². The van der Waals surface area contributed by atoms with E-state index in [1.165, 1.54) is 88.2 Å². The summed E-state index contributed by atoms with van der Waals surface area (Å²) < 4.78 is 15.0. The highest BCUT2D eigenvalue weighted by atomic mass is 19.1. The van der Waals surface area contributed by atoms with E-state index in [-0.39, 0.29) is 5.82 Å². The number of rotatable bonds is 5. The molecule has 0 aromatic heterocycles. The Morgan fingerprint density at radius 3 is 2.52 bits per heavy atom. The molecule has 5 unspecified atom stereocenters. The van der Waals surface area contributed by atoms with Crippen molar-refractivity contribution in [3.8, 4) is 0 Å². The number of aryl methyl sites for hydroxylation is 1. The lowest BCUT2D eigenvalue weighted by Crippen LogP contribution is -2.30. The maximum absolute atomic E-state index is 15.0. The van der Waals surface area contributed by atoms with Gasteiger partial charge < -0.3 is 0 Å². The van der Waals surface area contributed by atoms with Crippen molar-refractivity contribution >= 4 is 0 Å². The number of fused-ring (bicyclic) bond motifs is 2. The molecule has 5 atom stereocenters. The Bertz CT molecular complexity index is 633. The highest BCUT2D eigenvalue weighted by molar-refractivity contribution is 5.37. The van der Waals surface area contributed by atoms with E-state index in [2.05, 4.69) is 19.9 Å². The molecule has 0 radical (unpaired) electrons. The third-order valence-electron chi connectivity index (χ3n) is 8.35. The average Bonchev–Trinajstić information content (AvgIpc) is 2.70. The van der Waals surface area contributed by atoms with Crippen LogP contribution < -0.4 is 0 Å². The predicted molar refractivity (Wildman–Crippen MR) is 113 cm³/mol. The van der Waals surface area contributed by atoms with Crippen molar-refractivity contribution in [2.45, 2.75) is 103 Å². The van der Waals surface area contributed by atoms with Crippen LogP contribution >= 0.6 is 0 Å². The quantitative estimate of drug-likeness (QED) is 0.495. The molecule has 27 heavy (non-hydrogen) atoms. The first kappa shape index (κ1) is 19.5. The minimum Gasteiger partial charge on any atom is -0.207 e. The monoisotopic (exact) mass is 370 g/mol. The Morgan fingerprint density at radius 1 is 0.889 bits per heavy atom. The van der Waals surface area contributed by atoms with Crippen LogP contribution in [0.1, 0.15) is 107 Å². The molecule has 0 bridgehead atoms. The smallest absolute Gasteiger partial charge is 0.126 e. The van der Waals surface area contributed by atoms with Crippen LogP contribution in [0.4, 0.5) is 4.39 Å². The molecule has 1 aromatic rings. The maximum atomic E-state index is 15.0. The number of unbranched alkanes of at least 4 members (excludes halogenated alkanes) is 1. The fourth-order valence-electron chi connectivity index (χ4n) is 6.56. The summed E-state index contributed by atoms with van der Waals surface area (Å²) in [6.45, 7) is 4.59. The lowest BCUT2D eigenvalue weighted by atomic mass is 9.63. The maximum Gasteiger partial charge on any atom is 0.126 e. The van der Waals surface area contributed by atoms with Gasteiger partial charge in [0.2, 0.25) is 0 Å². The van der Waals surface area contributed by atoms with Crippen LogP contribution in [-0.4, -0.2) is 0 Å². The molecule has 0 spiro atoms. The molecule has 0 saturated heterocycles. The molecule has 1 heteroatoms. The molecule has 2 saturated carbocycles. The average molecular weight is 371 g/mol. The van der Waals surface area contributed by atoms with Gasteiger partial charge in [-0.05, 0) is 104 Å². The van der Waals surface area contributed by atoms with Crippen LogP contribution in [0.3, 0.4) is 0 Å². The standard InChI is InChI=1S/C26H39F/c1-3-5-6-19-8-10-21-15-23(12-11-20(21)14-19)25-16-22-9-7-18(4-2)13-24(22)17-26(25)27/h16-21,23H,3-15H2,1-2H3. The van der Waals surface area contributed by atoms with Gasteiger partial charge in [-0.25, -0.2) is 4.39 Å². The van der Waals surface area contributed by atoms with Gasteiger partial charge in [0.1, 0.15) is 5.82 Å². The first-order valence-corrected chi connectivity index (χ1v) is 12.0. The molecule has 4 rings (SSSR count). The van der Waals surface area contributed by atoms with Crippen molar-refractivity contribution in [1.82, 2.24) is 0 Å². The molecule has 0 heterocycles. The fourth-order valence-corrected chi connectivity index (χ4v) is 6.56. The van der Waals surface area contributed by atoms with Gasteiger partial charge in [-0.1, -0.05) is 52.0 Å². The van der Waals surface area contributed by atoms with E-state index in [1.807, 2.05) is 6.07 Å². The van der Waals surface area contributed by atoms with Gasteiger partial charge in [-0.3, -0.25) is 0 Å². The summed E-state index contributed by atoms with van der Waals surface area (Å²) in [5, 5.41) is 0. The molecule has 0 nitrogen and oxygen atoms in total. The van der Waals surface area contributed by atoms with Gasteiger partial charge in [0.15, 0.2) is 0 Å². The second kappa shape index (κ2) is 8.66. The topological polar surface area (TPSA) is 0 Å². The molecule has 3 aliphatic carbocycles. The van der Waals surface area contributed by atoms with Crippen molar-refractivity contribution in [2.24, 2.45) is 23.7 Å². The van der Waals surface area contributed by atoms with Gasteiger partial charge in [0, 0.05) is 0 Å². The summed E-state index contributed by atoms with van der Waals surface area (Å²) in [5.41, 5.74) is 3.83. The highest BCUT2D eigenvalue weighted by Gasteiger charge is 2.36. The zero-order valence-electron chi connectivity index (χ0n) is 17.6. The summed E-state index contributed by atoms with van der Waals surface area (Å²) >= 11 is 0. The van der Waals surface area contributed by atoms with Crippen LogP contribution in [-0.2, 0) is 12.8 Å². The summed E-state index contributed by atoms with van der Waals surface area (Å²) in [6.07, 6.45) is 17.1. The van der Waals surface area contributed by atoms with Crippen molar-refractivity contribution in [2.75, 3.05) is 0 Å². The molecule has 2 fully saturated rings. The summed E-state index contributed by atoms with van der Waals surface area (Å²) in [7, 11) is 0. The van der Waals surface area contributed by atoms with Crippen LogP contribution in [0.2, 0.25) is 0 Å². The Kier molecular flexibility index (Phi) is 6.25. The molecule has 0 N–H and O–H groups in total. The normalized spacial score (nSPS) is 33.4. The number of hydrogen-bond acceptors (Lipinski definition) is 0. The van der Waals surface area contributed by atoms with E-state index in [1.54, 1.807) is 0 Å². The third kappa shape index (κ3) is 4.28. The summed E-state index contributed by atoms with van der Waals surface area (Å²) in [5.74, 6) is 4.12. The minimum atomic E-state index is 0.102. The van der Waals surface area contributed by atoms with E-state index in [4.69, 9.17) is 0 Å². The molecule has 1 aromatic carbocycles. The van der Waals surface area contributed by atoms with Gasteiger partial charge >= 0.3 is 0 Å². The molecular weight excluding hydrogens is 331 g/mol. The Labute approximate surface area is 166 Å². The molecule has 0 amide bonds. The number of halogens is 1. The van der Waals surface area contributed by atoms with Crippen molar-refractivity contribution < 1.29 is 4.39 Å². The zero-order chi connectivity index (χ0) is 18.8. The van der Waals surface area contributed by atoms with E-state index in [0.717, 1.165) is 35.7 Å². The third-order valence-corrected chi connectivity index (χ3v) is 8.35. The lowest BCUT2D eigenvalue weighted by Gasteiger charge is -2.42. The van der Waals surface area contributed by atoms with Gasteiger partial charge in [0.25, 0.3) is 0 Å². The number of benzene rings is 1. The van der Waals surface area contributed by atoms with E-state index in [0.29, 0.717) is 5.92 Å². The van der Waals surface area contributed by atoms with Gasteiger partial charge in [-0.15, -0.1) is 0 Å². The minimum absolute atomic E-state index is 0.102. The van der Waals surface area contributed by atoms with Crippen LogP contribution in [0.15, 0.2) is 12.1 Å². The summed E-state index contributed by atoms with van der Waals surface area (Å²) in [6, 6.07) is 4.20. The highest BCUT2D eigenvalue weighted by Crippen LogP contribution is 2.49. The van der Waals surface area contributed by atoms with Crippen molar-refractivity contribution in [3.05, 3.63) is 34.6 Å². The molecule has 150 valence electrons. The second-order valence-corrected chi connectivity index (χ2v) is 10.0. The van der Waals surface area contributed by atoms with Crippen LogP contribution in [0.25, 0.3) is 0 Å². The predicted octanol–water partition coefficient (Wildman–Crippen LogP) is 7.83. The van der Waals surface area contributed by atoms with E-state index >= 15 is 4.39 Å². The Hall–Kier alpha value is -0.850. The Morgan fingerprint density at radius 2 is 1.70 bits per heavy atom. The van der Waals surface area contributed by atoms with E-state index in [9.17, 15) is 0 Å². The van der Waals surface area contributed by atoms with E-state index < -0.39 is 0 Å². The second-order valence-electron chi connectivity index (χ2n) is 10.0. The first-order chi connectivity index (χ1) is 13.2. The summed E-state index contributed by atoms with van der Waals surface area (Å²) in [4.78, 5) is 0. The van der Waals surface area contributed by atoms with Gasteiger partial charge in [-0.2, -0.15) is 0 Å². The van der Waals surface area contributed by atoms with Crippen molar-refractivity contribution in [3.63, 3.8) is 0 Å². The largest absolute Gasteiger partial charge is 0.207 e. The zero-order valence-corrected chi connectivity index (χ0v) is 17.6. The molecular formula is C26H39F. The number of hydrogen-bond donors (Lipinski definition) is 0. The molecule has 0 aliphatic heterocycles. The SMILES string of the molecule is CCCCC1CCC2CC(c3cc4c(cc3F)CC(CC)CC4)CCC2C1. The van der Waals surface area contributed by atoms with Crippen LogP contribution in [0, 0.1) is 29.5 Å².